The van der Waals surface area contributed by atoms with E-state index in [1.165, 1.54) is 11.3 Å². The maximum absolute atomic E-state index is 13.1. The van der Waals surface area contributed by atoms with E-state index in [9.17, 15) is 13.6 Å². The standard InChI is InChI=1S/C13H11F2N3O3S/c14-11(15)7-6-21-13(19)18(7)9-5-17-2-3-20-8-1-4-22-10(8)12(17)16-9/h1,4-5,7,11H,2-3,6H2/t7-/m0/s1. The number of cyclic esters (lactones) is 1. The summed E-state index contributed by atoms with van der Waals surface area (Å²) < 4.78 is 38.3. The van der Waals surface area contributed by atoms with Crippen molar-refractivity contribution >= 4 is 23.2 Å². The van der Waals surface area contributed by atoms with Gasteiger partial charge >= 0.3 is 6.09 Å². The zero-order valence-corrected chi connectivity index (χ0v) is 12.1. The number of imidazole rings is 1. The first kappa shape index (κ1) is 13.5. The zero-order chi connectivity index (χ0) is 15.3. The van der Waals surface area contributed by atoms with Crippen LogP contribution in [0.15, 0.2) is 17.6 Å². The first-order chi connectivity index (χ1) is 10.6. The lowest BCUT2D eigenvalue weighted by atomic mass is 10.3. The molecule has 1 atom stereocenters. The molecule has 0 bridgehead atoms. The maximum Gasteiger partial charge on any atom is 0.416 e. The van der Waals surface area contributed by atoms with Gasteiger partial charge in [0.05, 0.1) is 6.54 Å². The molecule has 4 heterocycles. The fraction of sp³-hybridized carbons (Fsp3) is 0.385. The third-order valence-corrected chi connectivity index (χ3v) is 4.52. The maximum atomic E-state index is 13.1. The lowest BCUT2D eigenvalue weighted by molar-refractivity contribution is 0.104. The van der Waals surface area contributed by atoms with Gasteiger partial charge < -0.3 is 14.0 Å². The molecule has 2 aliphatic rings. The SMILES string of the molecule is O=C1OC[C@@H](C(F)F)N1c1cn2c(n1)-c1sccc1OCC2. The van der Waals surface area contributed by atoms with Crippen molar-refractivity contribution in [1.82, 2.24) is 9.55 Å². The first-order valence-corrected chi connectivity index (χ1v) is 7.55. The van der Waals surface area contributed by atoms with Crippen molar-refractivity contribution in [3.8, 4) is 16.5 Å². The molecular weight excluding hydrogens is 316 g/mol. The predicted octanol–water partition coefficient (Wildman–Crippen LogP) is 2.59. The number of hydrogen-bond acceptors (Lipinski definition) is 5. The van der Waals surface area contributed by atoms with Crippen LogP contribution in [-0.4, -0.2) is 41.3 Å². The third kappa shape index (κ3) is 1.96. The highest BCUT2D eigenvalue weighted by atomic mass is 32.1. The Kier molecular flexibility index (Phi) is 3.03. The molecule has 2 aromatic rings. The van der Waals surface area contributed by atoms with E-state index in [2.05, 4.69) is 4.98 Å². The number of aromatic nitrogens is 2. The molecule has 1 saturated heterocycles. The number of rotatable bonds is 2. The normalized spacial score (nSPS) is 20.4. The van der Waals surface area contributed by atoms with E-state index in [0.29, 0.717) is 19.0 Å². The molecule has 0 unspecified atom stereocenters. The zero-order valence-electron chi connectivity index (χ0n) is 11.2. The minimum atomic E-state index is -2.69. The van der Waals surface area contributed by atoms with Gasteiger partial charge in [-0.05, 0) is 11.4 Å². The molecule has 6 nitrogen and oxygen atoms in total. The van der Waals surface area contributed by atoms with Gasteiger partial charge in [-0.1, -0.05) is 0 Å². The molecule has 2 aliphatic heterocycles. The van der Waals surface area contributed by atoms with E-state index < -0.39 is 18.6 Å². The van der Waals surface area contributed by atoms with Crippen molar-refractivity contribution in [1.29, 1.82) is 0 Å². The van der Waals surface area contributed by atoms with E-state index in [0.717, 1.165) is 15.5 Å². The summed E-state index contributed by atoms with van der Waals surface area (Å²) in [5.41, 5.74) is 0. The lowest BCUT2D eigenvalue weighted by Crippen LogP contribution is -2.38. The highest BCUT2D eigenvalue weighted by molar-refractivity contribution is 7.13. The van der Waals surface area contributed by atoms with Crippen molar-refractivity contribution in [3.05, 3.63) is 17.6 Å². The van der Waals surface area contributed by atoms with Crippen LogP contribution in [0.3, 0.4) is 0 Å². The fourth-order valence-electron chi connectivity index (χ4n) is 2.58. The van der Waals surface area contributed by atoms with E-state index >= 15 is 0 Å². The summed E-state index contributed by atoms with van der Waals surface area (Å²) in [5, 5.41) is 1.88. The van der Waals surface area contributed by atoms with Gasteiger partial charge in [-0.15, -0.1) is 11.3 Å². The summed E-state index contributed by atoms with van der Waals surface area (Å²) in [5.74, 6) is 1.52. The molecule has 0 radical (unpaired) electrons. The summed E-state index contributed by atoms with van der Waals surface area (Å²) in [6.07, 6.45) is -1.88. The second-order valence-corrected chi connectivity index (χ2v) is 5.84. The number of carbonyl (C=O) groups is 1. The summed E-state index contributed by atoms with van der Waals surface area (Å²) in [4.78, 5) is 17.9. The second-order valence-electron chi connectivity index (χ2n) is 4.93. The Morgan fingerprint density at radius 2 is 2.27 bits per heavy atom. The number of amides is 1. The molecule has 1 amide bonds. The van der Waals surface area contributed by atoms with Gasteiger partial charge in [-0.25, -0.2) is 23.5 Å². The van der Waals surface area contributed by atoms with Crippen LogP contribution in [0.1, 0.15) is 0 Å². The molecule has 0 N–H and O–H groups in total. The van der Waals surface area contributed by atoms with Crippen LogP contribution in [0.25, 0.3) is 10.7 Å². The molecule has 0 spiro atoms. The third-order valence-electron chi connectivity index (χ3n) is 3.63. The molecule has 4 rings (SSSR count). The van der Waals surface area contributed by atoms with Gasteiger partial charge in [0.25, 0.3) is 6.43 Å². The number of hydrogen-bond donors (Lipinski definition) is 0. The van der Waals surface area contributed by atoms with Gasteiger partial charge in [0.15, 0.2) is 11.6 Å². The van der Waals surface area contributed by atoms with E-state index in [4.69, 9.17) is 9.47 Å². The van der Waals surface area contributed by atoms with Gasteiger partial charge in [-0.3, -0.25) is 0 Å². The summed E-state index contributed by atoms with van der Waals surface area (Å²) in [7, 11) is 0. The number of ether oxygens (including phenoxy) is 2. The minimum Gasteiger partial charge on any atom is -0.490 e. The number of halogens is 2. The van der Waals surface area contributed by atoms with Crippen molar-refractivity contribution in [2.24, 2.45) is 0 Å². The number of carbonyl (C=O) groups excluding carboxylic acids is 1. The average molecular weight is 327 g/mol. The minimum absolute atomic E-state index is 0.184. The van der Waals surface area contributed by atoms with Crippen molar-refractivity contribution in [3.63, 3.8) is 0 Å². The highest BCUT2D eigenvalue weighted by Crippen LogP contribution is 2.38. The van der Waals surface area contributed by atoms with Crippen LogP contribution in [0, 0.1) is 0 Å². The van der Waals surface area contributed by atoms with Gasteiger partial charge in [0.2, 0.25) is 0 Å². The van der Waals surface area contributed by atoms with Gasteiger partial charge in [-0.2, -0.15) is 0 Å². The highest BCUT2D eigenvalue weighted by Gasteiger charge is 2.42. The number of thiophene rings is 1. The molecule has 9 heteroatoms. The fourth-order valence-corrected chi connectivity index (χ4v) is 3.42. The topological polar surface area (TPSA) is 56.6 Å². The Morgan fingerprint density at radius 1 is 1.41 bits per heavy atom. The van der Waals surface area contributed by atoms with Crippen molar-refractivity contribution < 1.29 is 23.0 Å². The van der Waals surface area contributed by atoms with Crippen LogP contribution < -0.4 is 9.64 Å². The Bertz CT molecular complexity index is 730. The lowest BCUT2D eigenvalue weighted by Gasteiger charge is -2.17. The smallest absolute Gasteiger partial charge is 0.416 e. The van der Waals surface area contributed by atoms with Gasteiger partial charge in [0.1, 0.15) is 29.9 Å². The molecule has 1 fully saturated rings. The van der Waals surface area contributed by atoms with Crippen LogP contribution in [0.5, 0.6) is 5.75 Å². The molecule has 0 aromatic carbocycles. The summed E-state index contributed by atoms with van der Waals surface area (Å²) >= 11 is 1.45. The van der Waals surface area contributed by atoms with Crippen molar-refractivity contribution in [2.75, 3.05) is 18.1 Å². The first-order valence-electron chi connectivity index (χ1n) is 6.67. The number of alkyl halides is 2. The molecule has 0 aliphatic carbocycles. The second kappa shape index (κ2) is 4.94. The summed E-state index contributed by atoms with van der Waals surface area (Å²) in [6, 6.07) is 0.543. The van der Waals surface area contributed by atoms with Crippen LogP contribution in [0.4, 0.5) is 19.4 Å². The molecular formula is C13H11F2N3O3S. The Morgan fingerprint density at radius 3 is 3.09 bits per heavy atom. The predicted molar refractivity (Wildman–Crippen MR) is 74.7 cm³/mol. The number of fused-ring (bicyclic) bond motifs is 3. The van der Waals surface area contributed by atoms with Crippen LogP contribution in [0.2, 0.25) is 0 Å². The number of nitrogens with zero attached hydrogens (tertiary/aromatic N) is 3. The Labute approximate surface area is 127 Å². The molecule has 22 heavy (non-hydrogen) atoms. The molecule has 116 valence electrons. The van der Waals surface area contributed by atoms with E-state index in [1.54, 1.807) is 6.20 Å². The van der Waals surface area contributed by atoms with Gasteiger partial charge in [0, 0.05) is 6.20 Å². The Balaban J connectivity index is 1.78. The molecule has 0 saturated carbocycles. The average Bonchev–Trinajstić information content (AvgIpc) is 3.15. The summed E-state index contributed by atoms with van der Waals surface area (Å²) in [6.45, 7) is 0.660. The molecule has 2 aromatic heterocycles. The van der Waals surface area contributed by atoms with E-state index in [1.807, 2.05) is 16.0 Å². The van der Waals surface area contributed by atoms with Crippen LogP contribution in [-0.2, 0) is 11.3 Å². The largest absolute Gasteiger partial charge is 0.490 e. The van der Waals surface area contributed by atoms with Crippen LogP contribution >= 0.6 is 11.3 Å². The van der Waals surface area contributed by atoms with E-state index in [-0.39, 0.29) is 12.4 Å². The van der Waals surface area contributed by atoms with Crippen molar-refractivity contribution in [2.45, 2.75) is 19.0 Å². The Hall–Kier alpha value is -2.16. The number of anilines is 1. The monoisotopic (exact) mass is 327 g/mol. The quantitative estimate of drug-likeness (QED) is 0.851.